The standard InChI is InChI=1S/C17H29ClN2/c1-6-19-10-15-16(18)8-7-9-17(15)20(11-13(2)3)12-14(4)5/h7-9,13-14,19H,6,10-12H2,1-5H3. The second-order valence-electron chi connectivity index (χ2n) is 6.21. The van der Waals surface area contributed by atoms with Gasteiger partial charge >= 0.3 is 0 Å². The molecular weight excluding hydrogens is 268 g/mol. The summed E-state index contributed by atoms with van der Waals surface area (Å²) in [6.45, 7) is 15.1. The minimum Gasteiger partial charge on any atom is -0.371 e. The van der Waals surface area contributed by atoms with E-state index in [-0.39, 0.29) is 0 Å². The van der Waals surface area contributed by atoms with Crippen LogP contribution in [-0.4, -0.2) is 19.6 Å². The number of hydrogen-bond donors (Lipinski definition) is 1. The van der Waals surface area contributed by atoms with Gasteiger partial charge in [0.25, 0.3) is 0 Å². The molecule has 0 amide bonds. The SMILES string of the molecule is CCNCc1c(Cl)cccc1N(CC(C)C)CC(C)C. The smallest absolute Gasteiger partial charge is 0.0471 e. The molecule has 3 heteroatoms. The van der Waals surface area contributed by atoms with Crippen LogP contribution in [0.3, 0.4) is 0 Å². The Morgan fingerprint density at radius 1 is 1.10 bits per heavy atom. The first-order chi connectivity index (χ1) is 9.45. The Bertz CT molecular complexity index is 392. The predicted molar refractivity (Wildman–Crippen MR) is 90.7 cm³/mol. The summed E-state index contributed by atoms with van der Waals surface area (Å²) in [5.74, 6) is 1.28. The van der Waals surface area contributed by atoms with Crippen molar-refractivity contribution < 1.29 is 0 Å². The summed E-state index contributed by atoms with van der Waals surface area (Å²) < 4.78 is 0. The van der Waals surface area contributed by atoms with E-state index in [1.807, 2.05) is 6.07 Å². The molecule has 0 aliphatic carbocycles. The number of benzene rings is 1. The number of hydrogen-bond acceptors (Lipinski definition) is 2. The molecule has 0 fully saturated rings. The molecule has 20 heavy (non-hydrogen) atoms. The van der Waals surface area contributed by atoms with Crippen LogP contribution in [0.15, 0.2) is 18.2 Å². The molecule has 1 rings (SSSR count). The average molecular weight is 297 g/mol. The van der Waals surface area contributed by atoms with Gasteiger partial charge in [0, 0.05) is 35.9 Å². The summed E-state index contributed by atoms with van der Waals surface area (Å²) in [4.78, 5) is 2.48. The largest absolute Gasteiger partial charge is 0.371 e. The Hall–Kier alpha value is -0.730. The molecule has 0 aliphatic heterocycles. The summed E-state index contributed by atoms with van der Waals surface area (Å²) >= 11 is 6.42. The Kier molecular flexibility index (Phi) is 7.39. The number of anilines is 1. The van der Waals surface area contributed by atoms with Gasteiger partial charge in [-0.25, -0.2) is 0 Å². The second-order valence-corrected chi connectivity index (χ2v) is 6.62. The van der Waals surface area contributed by atoms with Crippen molar-refractivity contribution in [1.82, 2.24) is 5.32 Å². The van der Waals surface area contributed by atoms with E-state index in [2.05, 4.69) is 57.0 Å². The minimum absolute atomic E-state index is 0.639. The summed E-state index contributed by atoms with van der Waals surface area (Å²) in [5.41, 5.74) is 2.50. The molecule has 0 spiro atoms. The molecule has 0 heterocycles. The van der Waals surface area contributed by atoms with Crippen molar-refractivity contribution in [3.63, 3.8) is 0 Å². The van der Waals surface area contributed by atoms with Crippen LogP contribution in [0.25, 0.3) is 0 Å². The van der Waals surface area contributed by atoms with Crippen LogP contribution in [0.1, 0.15) is 40.2 Å². The lowest BCUT2D eigenvalue weighted by Gasteiger charge is -2.31. The van der Waals surface area contributed by atoms with E-state index in [0.29, 0.717) is 11.8 Å². The lowest BCUT2D eigenvalue weighted by Crippen LogP contribution is -2.32. The van der Waals surface area contributed by atoms with Crippen LogP contribution in [0.5, 0.6) is 0 Å². The Morgan fingerprint density at radius 3 is 2.20 bits per heavy atom. The fourth-order valence-corrected chi connectivity index (χ4v) is 2.66. The van der Waals surface area contributed by atoms with Gasteiger partial charge < -0.3 is 10.2 Å². The van der Waals surface area contributed by atoms with Crippen LogP contribution >= 0.6 is 11.6 Å². The van der Waals surface area contributed by atoms with Crippen molar-refractivity contribution in [2.24, 2.45) is 11.8 Å². The Labute approximate surface area is 129 Å². The normalized spacial score (nSPS) is 11.4. The van der Waals surface area contributed by atoms with E-state index in [0.717, 1.165) is 31.2 Å². The maximum absolute atomic E-state index is 6.42. The number of nitrogens with zero attached hydrogens (tertiary/aromatic N) is 1. The zero-order valence-electron chi connectivity index (χ0n) is 13.5. The number of halogens is 1. The van der Waals surface area contributed by atoms with Gasteiger partial charge in [0.15, 0.2) is 0 Å². The molecule has 0 saturated carbocycles. The number of rotatable bonds is 8. The maximum Gasteiger partial charge on any atom is 0.0471 e. The van der Waals surface area contributed by atoms with Crippen LogP contribution in [-0.2, 0) is 6.54 Å². The Balaban J connectivity index is 3.06. The van der Waals surface area contributed by atoms with Gasteiger partial charge in [0.1, 0.15) is 0 Å². The topological polar surface area (TPSA) is 15.3 Å². The van der Waals surface area contributed by atoms with Crippen LogP contribution < -0.4 is 10.2 Å². The first kappa shape index (κ1) is 17.3. The second kappa shape index (κ2) is 8.53. The highest BCUT2D eigenvalue weighted by atomic mass is 35.5. The molecule has 1 aromatic carbocycles. The third-order valence-corrected chi connectivity index (χ3v) is 3.51. The van der Waals surface area contributed by atoms with E-state index < -0.39 is 0 Å². The van der Waals surface area contributed by atoms with Crippen molar-refractivity contribution in [2.45, 2.75) is 41.2 Å². The van der Waals surface area contributed by atoms with E-state index in [4.69, 9.17) is 11.6 Å². The number of nitrogens with one attached hydrogen (secondary N) is 1. The molecule has 0 unspecified atom stereocenters. The molecule has 0 aromatic heterocycles. The first-order valence-corrected chi connectivity index (χ1v) is 8.06. The third-order valence-electron chi connectivity index (χ3n) is 3.16. The first-order valence-electron chi connectivity index (χ1n) is 7.68. The zero-order valence-corrected chi connectivity index (χ0v) is 14.3. The maximum atomic E-state index is 6.42. The minimum atomic E-state index is 0.639. The fourth-order valence-electron chi connectivity index (χ4n) is 2.42. The molecule has 0 aliphatic rings. The molecule has 1 aromatic rings. The quantitative estimate of drug-likeness (QED) is 0.756. The monoisotopic (exact) mass is 296 g/mol. The predicted octanol–water partition coefficient (Wildman–Crippen LogP) is 4.57. The van der Waals surface area contributed by atoms with E-state index in [9.17, 15) is 0 Å². The molecule has 0 radical (unpaired) electrons. The molecule has 1 N–H and O–H groups in total. The fraction of sp³-hybridized carbons (Fsp3) is 0.647. The lowest BCUT2D eigenvalue weighted by atomic mass is 10.1. The van der Waals surface area contributed by atoms with Crippen LogP contribution in [0.4, 0.5) is 5.69 Å². The van der Waals surface area contributed by atoms with Gasteiger partial charge in [-0.2, -0.15) is 0 Å². The van der Waals surface area contributed by atoms with Crippen LogP contribution in [0, 0.1) is 11.8 Å². The van der Waals surface area contributed by atoms with Crippen molar-refractivity contribution in [3.05, 3.63) is 28.8 Å². The summed E-state index contributed by atoms with van der Waals surface area (Å²) in [5, 5.41) is 4.26. The van der Waals surface area contributed by atoms with Crippen molar-refractivity contribution in [1.29, 1.82) is 0 Å². The average Bonchev–Trinajstić information content (AvgIpc) is 2.35. The van der Waals surface area contributed by atoms with Gasteiger partial charge in [-0.3, -0.25) is 0 Å². The third kappa shape index (κ3) is 5.34. The van der Waals surface area contributed by atoms with E-state index in [1.165, 1.54) is 11.3 Å². The summed E-state index contributed by atoms with van der Waals surface area (Å²) in [6.07, 6.45) is 0. The van der Waals surface area contributed by atoms with E-state index >= 15 is 0 Å². The lowest BCUT2D eigenvalue weighted by molar-refractivity contribution is 0.550. The molecule has 114 valence electrons. The molecule has 0 bridgehead atoms. The Morgan fingerprint density at radius 2 is 1.70 bits per heavy atom. The van der Waals surface area contributed by atoms with Crippen molar-refractivity contribution in [2.75, 3.05) is 24.5 Å². The highest BCUT2D eigenvalue weighted by molar-refractivity contribution is 6.31. The highest BCUT2D eigenvalue weighted by Gasteiger charge is 2.15. The van der Waals surface area contributed by atoms with Gasteiger partial charge in [-0.15, -0.1) is 0 Å². The van der Waals surface area contributed by atoms with Crippen molar-refractivity contribution in [3.8, 4) is 0 Å². The molecule has 0 atom stereocenters. The zero-order chi connectivity index (χ0) is 15.1. The van der Waals surface area contributed by atoms with Gasteiger partial charge in [0.2, 0.25) is 0 Å². The highest BCUT2D eigenvalue weighted by Crippen LogP contribution is 2.28. The van der Waals surface area contributed by atoms with Crippen molar-refractivity contribution >= 4 is 17.3 Å². The van der Waals surface area contributed by atoms with Crippen LogP contribution in [0.2, 0.25) is 5.02 Å². The van der Waals surface area contributed by atoms with Gasteiger partial charge in [-0.05, 0) is 30.5 Å². The van der Waals surface area contributed by atoms with E-state index in [1.54, 1.807) is 0 Å². The summed E-state index contributed by atoms with van der Waals surface area (Å²) in [6, 6.07) is 6.24. The van der Waals surface area contributed by atoms with Gasteiger partial charge in [-0.1, -0.05) is 52.3 Å². The summed E-state index contributed by atoms with van der Waals surface area (Å²) in [7, 11) is 0. The molecular formula is C17H29ClN2. The molecule has 0 saturated heterocycles. The molecule has 2 nitrogen and oxygen atoms in total. The van der Waals surface area contributed by atoms with Gasteiger partial charge in [0.05, 0.1) is 0 Å².